The first-order valence-electron chi connectivity index (χ1n) is 7.96. The van der Waals surface area contributed by atoms with Crippen LogP contribution in [0.1, 0.15) is 45.4 Å². The Kier molecular flexibility index (Phi) is 8.04. The maximum absolute atomic E-state index is 12.1. The second-order valence-electron chi connectivity index (χ2n) is 6.02. The minimum atomic E-state index is 0. The highest BCUT2D eigenvalue weighted by Crippen LogP contribution is 2.23. The van der Waals surface area contributed by atoms with Gasteiger partial charge in [-0.25, -0.2) is 0 Å². The van der Waals surface area contributed by atoms with Crippen LogP contribution in [-0.4, -0.2) is 48.9 Å². The highest BCUT2D eigenvalue weighted by Gasteiger charge is 2.24. The number of amides is 2. The Balaban J connectivity index is 0.00000220. The molecule has 0 unspecified atom stereocenters. The first kappa shape index (κ1) is 18.2. The second kappa shape index (κ2) is 9.26. The van der Waals surface area contributed by atoms with Crippen molar-refractivity contribution < 1.29 is 9.59 Å². The lowest BCUT2D eigenvalue weighted by atomic mass is 9.89. The third kappa shape index (κ3) is 5.47. The van der Waals surface area contributed by atoms with Gasteiger partial charge in [-0.3, -0.25) is 9.59 Å². The predicted octanol–water partition coefficient (Wildman–Crippen LogP) is 1.32. The van der Waals surface area contributed by atoms with Gasteiger partial charge in [-0.15, -0.1) is 12.4 Å². The van der Waals surface area contributed by atoms with Gasteiger partial charge in [-0.2, -0.15) is 0 Å². The highest BCUT2D eigenvalue weighted by molar-refractivity contribution is 5.85. The average molecular weight is 318 g/mol. The van der Waals surface area contributed by atoms with E-state index in [0.29, 0.717) is 13.0 Å². The first-order chi connectivity index (χ1) is 9.68. The number of halogens is 1. The Hall–Kier alpha value is -0.810. The monoisotopic (exact) mass is 317 g/mol. The van der Waals surface area contributed by atoms with Gasteiger partial charge < -0.3 is 15.5 Å². The third-order valence-electron chi connectivity index (χ3n) is 4.44. The van der Waals surface area contributed by atoms with Crippen molar-refractivity contribution in [2.24, 2.45) is 5.92 Å². The van der Waals surface area contributed by atoms with Crippen molar-refractivity contribution in [1.82, 2.24) is 15.5 Å². The molecule has 1 atom stereocenters. The van der Waals surface area contributed by atoms with Crippen LogP contribution in [-0.2, 0) is 9.59 Å². The lowest BCUT2D eigenvalue weighted by Gasteiger charge is -2.34. The van der Waals surface area contributed by atoms with Gasteiger partial charge in [0.25, 0.3) is 0 Å². The molecule has 21 heavy (non-hydrogen) atoms. The number of hydrogen-bond acceptors (Lipinski definition) is 3. The lowest BCUT2D eigenvalue weighted by Crippen LogP contribution is -2.52. The van der Waals surface area contributed by atoms with E-state index in [4.69, 9.17) is 0 Å². The van der Waals surface area contributed by atoms with Crippen LogP contribution in [0, 0.1) is 5.92 Å². The molecule has 0 spiro atoms. The van der Waals surface area contributed by atoms with Crippen molar-refractivity contribution in [2.45, 2.75) is 51.5 Å². The van der Waals surface area contributed by atoms with Crippen LogP contribution in [0.25, 0.3) is 0 Å². The molecule has 1 saturated heterocycles. The van der Waals surface area contributed by atoms with Gasteiger partial charge in [-0.05, 0) is 19.8 Å². The zero-order valence-electron chi connectivity index (χ0n) is 12.9. The van der Waals surface area contributed by atoms with Gasteiger partial charge in [0.15, 0.2) is 0 Å². The summed E-state index contributed by atoms with van der Waals surface area (Å²) in [6.07, 6.45) is 6.01. The molecule has 2 amide bonds. The van der Waals surface area contributed by atoms with Crippen molar-refractivity contribution in [3.05, 3.63) is 0 Å². The molecular weight excluding hydrogens is 290 g/mol. The normalized spacial score (nSPS) is 23.3. The number of nitrogens with one attached hydrogen (secondary N) is 2. The standard InChI is InChI=1S/C15H27N3O2.ClH/c1-12-11-16-9-10-18(12)14(19)7-8-17-15(20)13-5-3-2-4-6-13;/h12-13,16H,2-11H2,1H3,(H,17,20);1H/t12-;/m1./s1. The molecule has 0 aromatic heterocycles. The molecule has 122 valence electrons. The summed E-state index contributed by atoms with van der Waals surface area (Å²) in [6.45, 7) is 5.04. The quantitative estimate of drug-likeness (QED) is 0.822. The molecular formula is C15H28ClN3O2. The van der Waals surface area contributed by atoms with Gasteiger partial charge in [0.1, 0.15) is 0 Å². The summed E-state index contributed by atoms with van der Waals surface area (Å²) in [5.41, 5.74) is 0. The molecule has 5 nitrogen and oxygen atoms in total. The molecule has 0 radical (unpaired) electrons. The fourth-order valence-corrected chi connectivity index (χ4v) is 3.16. The zero-order valence-corrected chi connectivity index (χ0v) is 13.7. The van der Waals surface area contributed by atoms with Crippen LogP contribution < -0.4 is 10.6 Å². The summed E-state index contributed by atoms with van der Waals surface area (Å²) in [4.78, 5) is 26.0. The van der Waals surface area contributed by atoms with E-state index in [1.807, 2.05) is 4.90 Å². The number of hydrogen-bond donors (Lipinski definition) is 2. The minimum absolute atomic E-state index is 0. The molecule has 1 saturated carbocycles. The fourth-order valence-electron chi connectivity index (χ4n) is 3.16. The molecule has 1 aliphatic heterocycles. The van der Waals surface area contributed by atoms with Gasteiger partial charge >= 0.3 is 0 Å². The van der Waals surface area contributed by atoms with E-state index >= 15 is 0 Å². The summed E-state index contributed by atoms with van der Waals surface area (Å²) < 4.78 is 0. The van der Waals surface area contributed by atoms with E-state index in [0.717, 1.165) is 45.3 Å². The molecule has 2 fully saturated rings. The fraction of sp³-hybridized carbons (Fsp3) is 0.867. The summed E-state index contributed by atoms with van der Waals surface area (Å²) in [7, 11) is 0. The predicted molar refractivity (Wildman–Crippen MR) is 85.5 cm³/mol. The molecule has 1 heterocycles. The van der Waals surface area contributed by atoms with Crippen molar-refractivity contribution in [3.8, 4) is 0 Å². The van der Waals surface area contributed by atoms with E-state index in [9.17, 15) is 9.59 Å². The smallest absolute Gasteiger partial charge is 0.224 e. The largest absolute Gasteiger partial charge is 0.355 e. The van der Waals surface area contributed by atoms with Crippen LogP contribution in [0.5, 0.6) is 0 Å². The van der Waals surface area contributed by atoms with E-state index in [1.54, 1.807) is 0 Å². The van der Waals surface area contributed by atoms with E-state index in [2.05, 4.69) is 17.6 Å². The van der Waals surface area contributed by atoms with Gasteiger partial charge in [-0.1, -0.05) is 19.3 Å². The van der Waals surface area contributed by atoms with Crippen molar-refractivity contribution in [2.75, 3.05) is 26.2 Å². The first-order valence-corrected chi connectivity index (χ1v) is 7.96. The molecule has 2 aliphatic rings. The Morgan fingerprint density at radius 2 is 1.95 bits per heavy atom. The van der Waals surface area contributed by atoms with Gasteiger partial charge in [0, 0.05) is 44.6 Å². The molecule has 1 aliphatic carbocycles. The molecule has 0 bridgehead atoms. The van der Waals surface area contributed by atoms with Gasteiger partial charge in [0.05, 0.1) is 0 Å². The number of rotatable bonds is 4. The Morgan fingerprint density at radius 1 is 1.24 bits per heavy atom. The maximum atomic E-state index is 12.1. The van der Waals surface area contributed by atoms with E-state index in [-0.39, 0.29) is 36.2 Å². The maximum Gasteiger partial charge on any atom is 0.224 e. The van der Waals surface area contributed by atoms with Crippen LogP contribution in [0.15, 0.2) is 0 Å². The topological polar surface area (TPSA) is 61.4 Å². The molecule has 2 rings (SSSR count). The van der Waals surface area contributed by atoms with Crippen molar-refractivity contribution in [3.63, 3.8) is 0 Å². The zero-order chi connectivity index (χ0) is 14.4. The lowest BCUT2D eigenvalue weighted by molar-refractivity contribution is -0.134. The average Bonchev–Trinajstić information content (AvgIpc) is 2.48. The highest BCUT2D eigenvalue weighted by atomic mass is 35.5. The van der Waals surface area contributed by atoms with Crippen molar-refractivity contribution >= 4 is 24.2 Å². The Morgan fingerprint density at radius 3 is 2.62 bits per heavy atom. The number of carbonyl (C=O) groups is 2. The summed E-state index contributed by atoms with van der Waals surface area (Å²) in [5.74, 6) is 0.478. The number of nitrogens with zero attached hydrogens (tertiary/aromatic N) is 1. The summed E-state index contributed by atoms with van der Waals surface area (Å²) in [5, 5.41) is 6.21. The number of carbonyl (C=O) groups excluding carboxylic acids is 2. The molecule has 2 N–H and O–H groups in total. The van der Waals surface area contributed by atoms with Gasteiger partial charge in [0.2, 0.25) is 11.8 Å². The van der Waals surface area contributed by atoms with E-state index < -0.39 is 0 Å². The second-order valence-corrected chi connectivity index (χ2v) is 6.02. The minimum Gasteiger partial charge on any atom is -0.355 e. The van der Waals surface area contributed by atoms with Crippen LogP contribution in [0.3, 0.4) is 0 Å². The molecule has 0 aromatic rings. The van der Waals surface area contributed by atoms with Crippen LogP contribution in [0.4, 0.5) is 0 Å². The van der Waals surface area contributed by atoms with Crippen LogP contribution >= 0.6 is 12.4 Å². The Bertz CT molecular complexity index is 346. The summed E-state index contributed by atoms with van der Waals surface area (Å²) >= 11 is 0. The number of piperazine rings is 1. The molecule has 6 heteroatoms. The molecule has 0 aromatic carbocycles. The summed E-state index contributed by atoms with van der Waals surface area (Å²) in [6, 6.07) is 0.255. The van der Waals surface area contributed by atoms with Crippen molar-refractivity contribution in [1.29, 1.82) is 0 Å². The Labute approximate surface area is 133 Å². The third-order valence-corrected chi connectivity index (χ3v) is 4.44. The van der Waals surface area contributed by atoms with E-state index in [1.165, 1.54) is 6.42 Å². The SMILES string of the molecule is C[C@@H]1CNCCN1C(=O)CCNC(=O)C1CCCCC1.Cl. The van der Waals surface area contributed by atoms with Crippen LogP contribution in [0.2, 0.25) is 0 Å².